The molecule has 0 bridgehead atoms. The molecule has 0 saturated carbocycles. The molecule has 1 aromatic carbocycles. The largest absolute Gasteiger partial charge is 0.481 e. The first kappa shape index (κ1) is 12.9. The molecule has 106 valence electrons. The molecule has 0 atom stereocenters. The minimum absolute atomic E-state index is 0.284. The summed E-state index contributed by atoms with van der Waals surface area (Å²) in [5.41, 5.74) is 2.05. The number of methoxy groups -OCH3 is 1. The van der Waals surface area contributed by atoms with Crippen molar-refractivity contribution in [3.8, 4) is 5.88 Å². The molecule has 0 fully saturated rings. The number of aromatic nitrogens is 3. The molecule has 0 aliphatic heterocycles. The summed E-state index contributed by atoms with van der Waals surface area (Å²) in [4.78, 5) is 32.6. The Hall–Kier alpha value is -3.09. The highest BCUT2D eigenvalue weighted by molar-refractivity contribution is 6.05. The number of rotatable bonds is 3. The fourth-order valence-electron chi connectivity index (χ4n) is 1.98. The number of carbonyl (C=O) groups is 1. The highest BCUT2D eigenvalue weighted by atomic mass is 16.5. The summed E-state index contributed by atoms with van der Waals surface area (Å²) in [5, 5.41) is 2.75. The average molecular weight is 284 g/mol. The van der Waals surface area contributed by atoms with Crippen LogP contribution in [-0.2, 0) is 0 Å². The van der Waals surface area contributed by atoms with Crippen molar-refractivity contribution in [2.24, 2.45) is 0 Å². The van der Waals surface area contributed by atoms with E-state index in [0.717, 1.165) is 0 Å². The van der Waals surface area contributed by atoms with E-state index in [1.54, 1.807) is 30.3 Å². The van der Waals surface area contributed by atoms with Gasteiger partial charge in [-0.2, -0.15) is 0 Å². The lowest BCUT2D eigenvalue weighted by molar-refractivity contribution is 0.102. The molecule has 7 heteroatoms. The minimum atomic E-state index is -0.285. The Morgan fingerprint density at radius 3 is 2.81 bits per heavy atom. The third kappa shape index (κ3) is 2.62. The zero-order chi connectivity index (χ0) is 14.8. The number of amides is 1. The second-order valence-electron chi connectivity index (χ2n) is 4.38. The predicted octanol–water partition coefficient (Wildman–Crippen LogP) is 1.51. The van der Waals surface area contributed by atoms with Crippen LogP contribution < -0.4 is 15.7 Å². The van der Waals surface area contributed by atoms with Crippen LogP contribution in [0.3, 0.4) is 0 Å². The molecular formula is C14H12N4O3. The monoisotopic (exact) mass is 284 g/mol. The summed E-state index contributed by atoms with van der Waals surface area (Å²) in [6.45, 7) is 0. The molecule has 1 amide bonds. The topological polar surface area (TPSA) is 99.9 Å². The van der Waals surface area contributed by atoms with Crippen molar-refractivity contribution in [3.63, 3.8) is 0 Å². The number of aromatic amines is 2. The van der Waals surface area contributed by atoms with Crippen LogP contribution in [0.2, 0.25) is 0 Å². The SMILES string of the molecule is COc1cc(C(=O)Nc2ccc3[nH]c(=O)[nH]c3c2)ccn1. The Labute approximate surface area is 119 Å². The first-order valence-electron chi connectivity index (χ1n) is 6.19. The van der Waals surface area contributed by atoms with Gasteiger partial charge in [0.2, 0.25) is 5.88 Å². The molecule has 0 radical (unpaired) electrons. The lowest BCUT2D eigenvalue weighted by atomic mass is 10.2. The van der Waals surface area contributed by atoms with E-state index < -0.39 is 0 Å². The van der Waals surface area contributed by atoms with Gasteiger partial charge in [-0.15, -0.1) is 0 Å². The Morgan fingerprint density at radius 2 is 2.00 bits per heavy atom. The van der Waals surface area contributed by atoms with Crippen molar-refractivity contribution in [3.05, 3.63) is 52.6 Å². The standard InChI is InChI=1S/C14H12N4O3/c1-21-12-6-8(4-5-15-12)13(19)16-9-2-3-10-11(7-9)18-14(20)17-10/h2-7H,1H3,(H,16,19)(H2,17,18,20). The second-order valence-corrected chi connectivity index (χ2v) is 4.38. The Balaban J connectivity index is 1.86. The van der Waals surface area contributed by atoms with Crippen molar-refractivity contribution in [2.45, 2.75) is 0 Å². The molecule has 7 nitrogen and oxygen atoms in total. The number of anilines is 1. The number of H-pyrrole nitrogens is 2. The number of pyridine rings is 1. The summed E-state index contributed by atoms with van der Waals surface area (Å²) >= 11 is 0. The van der Waals surface area contributed by atoms with Gasteiger partial charge in [-0.25, -0.2) is 9.78 Å². The van der Waals surface area contributed by atoms with E-state index in [9.17, 15) is 9.59 Å². The maximum Gasteiger partial charge on any atom is 0.323 e. The van der Waals surface area contributed by atoms with Gasteiger partial charge < -0.3 is 20.0 Å². The first-order valence-corrected chi connectivity index (χ1v) is 6.19. The zero-order valence-corrected chi connectivity index (χ0v) is 11.1. The summed E-state index contributed by atoms with van der Waals surface area (Å²) in [6.07, 6.45) is 1.50. The molecule has 0 saturated heterocycles. The molecule has 0 aliphatic carbocycles. The predicted molar refractivity (Wildman–Crippen MR) is 77.7 cm³/mol. The van der Waals surface area contributed by atoms with Gasteiger partial charge >= 0.3 is 5.69 Å². The molecule has 3 N–H and O–H groups in total. The van der Waals surface area contributed by atoms with Gasteiger partial charge in [0.1, 0.15) is 0 Å². The van der Waals surface area contributed by atoms with Gasteiger partial charge in [-0.1, -0.05) is 0 Å². The third-order valence-electron chi connectivity index (χ3n) is 2.98. The van der Waals surface area contributed by atoms with Gasteiger partial charge in [0.15, 0.2) is 0 Å². The highest BCUT2D eigenvalue weighted by Crippen LogP contribution is 2.16. The Morgan fingerprint density at radius 1 is 1.19 bits per heavy atom. The van der Waals surface area contributed by atoms with E-state index in [2.05, 4.69) is 20.3 Å². The third-order valence-corrected chi connectivity index (χ3v) is 2.98. The van der Waals surface area contributed by atoms with Crippen LogP contribution in [0.4, 0.5) is 5.69 Å². The van der Waals surface area contributed by atoms with E-state index in [4.69, 9.17) is 4.74 Å². The van der Waals surface area contributed by atoms with Crippen molar-refractivity contribution >= 4 is 22.6 Å². The summed E-state index contributed by atoms with van der Waals surface area (Å²) < 4.78 is 4.98. The van der Waals surface area contributed by atoms with Crippen molar-refractivity contribution in [1.29, 1.82) is 0 Å². The summed E-state index contributed by atoms with van der Waals surface area (Å²) in [6, 6.07) is 8.25. The van der Waals surface area contributed by atoms with Gasteiger partial charge in [0.25, 0.3) is 5.91 Å². The molecule has 0 unspecified atom stereocenters. The van der Waals surface area contributed by atoms with E-state index in [-0.39, 0.29) is 11.6 Å². The number of hydrogen-bond donors (Lipinski definition) is 3. The summed E-state index contributed by atoms with van der Waals surface area (Å²) in [7, 11) is 1.49. The molecule has 2 aromatic heterocycles. The van der Waals surface area contributed by atoms with Crippen molar-refractivity contribution < 1.29 is 9.53 Å². The minimum Gasteiger partial charge on any atom is -0.481 e. The molecular weight excluding hydrogens is 272 g/mol. The normalized spacial score (nSPS) is 10.5. The lowest BCUT2D eigenvalue weighted by Crippen LogP contribution is -2.12. The van der Waals surface area contributed by atoms with Gasteiger partial charge in [-0.05, 0) is 24.3 Å². The number of nitrogens with zero attached hydrogens (tertiary/aromatic N) is 1. The van der Waals surface area contributed by atoms with E-state index in [1.807, 2.05) is 0 Å². The number of hydrogen-bond acceptors (Lipinski definition) is 4. The number of benzene rings is 1. The van der Waals surface area contributed by atoms with Crippen molar-refractivity contribution in [1.82, 2.24) is 15.0 Å². The quantitative estimate of drug-likeness (QED) is 0.678. The van der Waals surface area contributed by atoms with Crippen molar-refractivity contribution in [2.75, 3.05) is 12.4 Å². The maximum absolute atomic E-state index is 12.1. The second kappa shape index (κ2) is 5.12. The summed E-state index contributed by atoms with van der Waals surface area (Å²) in [5.74, 6) is 0.0843. The van der Waals surface area contributed by atoms with E-state index in [0.29, 0.717) is 28.2 Å². The number of imidazole rings is 1. The Kier molecular flexibility index (Phi) is 3.15. The molecule has 3 aromatic rings. The average Bonchev–Trinajstić information content (AvgIpc) is 2.86. The number of nitrogens with one attached hydrogen (secondary N) is 3. The highest BCUT2D eigenvalue weighted by Gasteiger charge is 2.08. The van der Waals surface area contributed by atoms with E-state index >= 15 is 0 Å². The molecule has 21 heavy (non-hydrogen) atoms. The number of carbonyl (C=O) groups excluding carboxylic acids is 1. The molecule has 3 rings (SSSR count). The van der Waals surface area contributed by atoms with Crippen LogP contribution in [0.15, 0.2) is 41.3 Å². The van der Waals surface area contributed by atoms with E-state index in [1.165, 1.54) is 13.3 Å². The van der Waals surface area contributed by atoms with Crippen LogP contribution in [0.1, 0.15) is 10.4 Å². The van der Waals surface area contributed by atoms with Gasteiger partial charge in [0, 0.05) is 23.5 Å². The number of ether oxygens (including phenoxy) is 1. The fraction of sp³-hybridized carbons (Fsp3) is 0.0714. The Bertz CT molecular complexity index is 866. The first-order chi connectivity index (χ1) is 10.2. The van der Waals surface area contributed by atoms with Crippen LogP contribution in [0.25, 0.3) is 11.0 Å². The number of fused-ring (bicyclic) bond motifs is 1. The lowest BCUT2D eigenvalue weighted by Gasteiger charge is -2.06. The molecule has 0 spiro atoms. The maximum atomic E-state index is 12.1. The smallest absolute Gasteiger partial charge is 0.323 e. The molecule has 2 heterocycles. The van der Waals surface area contributed by atoms with Gasteiger partial charge in [-0.3, -0.25) is 4.79 Å². The van der Waals surface area contributed by atoms with Crippen LogP contribution in [0, 0.1) is 0 Å². The van der Waals surface area contributed by atoms with Crippen LogP contribution >= 0.6 is 0 Å². The zero-order valence-electron chi connectivity index (χ0n) is 11.1. The van der Waals surface area contributed by atoms with Crippen LogP contribution in [0.5, 0.6) is 5.88 Å². The molecule has 0 aliphatic rings. The fourth-order valence-corrected chi connectivity index (χ4v) is 1.98. The van der Waals surface area contributed by atoms with Gasteiger partial charge in [0.05, 0.1) is 18.1 Å². The van der Waals surface area contributed by atoms with Crippen LogP contribution in [-0.4, -0.2) is 28.0 Å².